The van der Waals surface area contributed by atoms with Crippen LogP contribution in [0.3, 0.4) is 0 Å². The van der Waals surface area contributed by atoms with Crippen LogP contribution in [0.15, 0.2) is 0 Å². The van der Waals surface area contributed by atoms with Gasteiger partial charge in [0.15, 0.2) is 0 Å². The molecule has 0 saturated heterocycles. The highest BCUT2D eigenvalue weighted by molar-refractivity contribution is 5.83. The third-order valence-electron chi connectivity index (χ3n) is 3.93. The van der Waals surface area contributed by atoms with Crippen molar-refractivity contribution in [1.29, 1.82) is 0 Å². The van der Waals surface area contributed by atoms with Crippen molar-refractivity contribution in [1.82, 2.24) is 10.6 Å². The zero-order valence-electron chi connectivity index (χ0n) is 13.2. The SMILES string of the molecule is CC1(C)CCCC(NC(=O)NC(C(=O)O)C(C)(C)C)C1. The van der Waals surface area contributed by atoms with Gasteiger partial charge in [0.25, 0.3) is 0 Å². The Balaban J connectivity index is 2.56. The van der Waals surface area contributed by atoms with Gasteiger partial charge in [-0.1, -0.05) is 41.0 Å². The van der Waals surface area contributed by atoms with E-state index in [-0.39, 0.29) is 17.5 Å². The molecule has 3 N–H and O–H groups in total. The van der Waals surface area contributed by atoms with E-state index in [2.05, 4.69) is 24.5 Å². The highest BCUT2D eigenvalue weighted by Gasteiger charge is 2.34. The van der Waals surface area contributed by atoms with E-state index < -0.39 is 17.4 Å². The molecule has 5 nitrogen and oxygen atoms in total. The predicted octanol–water partition coefficient (Wildman–Crippen LogP) is 2.75. The van der Waals surface area contributed by atoms with Crippen LogP contribution >= 0.6 is 0 Å². The Morgan fingerprint density at radius 1 is 1.30 bits per heavy atom. The van der Waals surface area contributed by atoms with Gasteiger partial charge >= 0.3 is 12.0 Å². The Morgan fingerprint density at radius 3 is 2.35 bits per heavy atom. The number of amides is 2. The normalized spacial score (nSPS) is 23.8. The van der Waals surface area contributed by atoms with Gasteiger partial charge in [-0.3, -0.25) is 0 Å². The fraction of sp³-hybridized carbons (Fsp3) is 0.867. The summed E-state index contributed by atoms with van der Waals surface area (Å²) in [6, 6.07) is -1.14. The topological polar surface area (TPSA) is 78.4 Å². The number of nitrogens with one attached hydrogen (secondary N) is 2. The third kappa shape index (κ3) is 5.02. The van der Waals surface area contributed by atoms with Crippen LogP contribution in [0.4, 0.5) is 4.79 Å². The Bertz CT molecular complexity index is 372. The minimum absolute atomic E-state index is 0.133. The average molecular weight is 284 g/mol. The summed E-state index contributed by atoms with van der Waals surface area (Å²) in [7, 11) is 0. The van der Waals surface area contributed by atoms with E-state index in [1.165, 1.54) is 6.42 Å². The quantitative estimate of drug-likeness (QED) is 0.745. The molecular weight excluding hydrogens is 256 g/mol. The summed E-state index contributed by atoms with van der Waals surface area (Å²) in [6.45, 7) is 9.81. The van der Waals surface area contributed by atoms with Gasteiger partial charge < -0.3 is 15.7 Å². The fourth-order valence-electron chi connectivity index (χ4n) is 2.83. The Labute approximate surface area is 121 Å². The molecule has 0 aromatic carbocycles. The van der Waals surface area contributed by atoms with Crippen LogP contribution in [0.25, 0.3) is 0 Å². The van der Waals surface area contributed by atoms with Crippen molar-refractivity contribution in [2.24, 2.45) is 10.8 Å². The number of hydrogen-bond donors (Lipinski definition) is 3. The van der Waals surface area contributed by atoms with Crippen LogP contribution in [0.2, 0.25) is 0 Å². The fourth-order valence-corrected chi connectivity index (χ4v) is 2.83. The van der Waals surface area contributed by atoms with Gasteiger partial charge in [-0.15, -0.1) is 0 Å². The van der Waals surface area contributed by atoms with Crippen LogP contribution in [0.5, 0.6) is 0 Å². The maximum atomic E-state index is 12.0. The number of carbonyl (C=O) groups is 2. The summed E-state index contributed by atoms with van der Waals surface area (Å²) in [5.41, 5.74) is -0.276. The Morgan fingerprint density at radius 2 is 1.90 bits per heavy atom. The lowest BCUT2D eigenvalue weighted by Gasteiger charge is -2.36. The molecule has 0 radical (unpaired) electrons. The molecule has 0 heterocycles. The molecule has 1 saturated carbocycles. The van der Waals surface area contributed by atoms with Crippen molar-refractivity contribution in [2.45, 2.75) is 72.4 Å². The molecule has 1 rings (SSSR count). The number of carboxylic acid groups (broad SMARTS) is 1. The van der Waals surface area contributed by atoms with Crippen molar-refractivity contribution in [3.63, 3.8) is 0 Å². The van der Waals surface area contributed by atoms with E-state index in [4.69, 9.17) is 0 Å². The van der Waals surface area contributed by atoms with Gasteiger partial charge in [-0.25, -0.2) is 9.59 Å². The van der Waals surface area contributed by atoms with Crippen LogP contribution < -0.4 is 10.6 Å². The van der Waals surface area contributed by atoms with Gasteiger partial charge in [0.1, 0.15) is 6.04 Å². The van der Waals surface area contributed by atoms with E-state index in [9.17, 15) is 14.7 Å². The third-order valence-corrected chi connectivity index (χ3v) is 3.93. The number of carboxylic acids is 1. The first-order valence-electron chi connectivity index (χ1n) is 7.31. The molecule has 2 unspecified atom stereocenters. The van der Waals surface area contributed by atoms with Gasteiger partial charge in [-0.2, -0.15) is 0 Å². The summed E-state index contributed by atoms with van der Waals surface area (Å²) in [4.78, 5) is 23.2. The second-order valence-electron chi connectivity index (χ2n) is 7.71. The molecule has 2 atom stereocenters. The van der Waals surface area contributed by atoms with E-state index in [0.29, 0.717) is 0 Å². The molecule has 1 aliphatic rings. The second kappa shape index (κ2) is 6.02. The Hall–Kier alpha value is -1.26. The molecule has 2 amide bonds. The van der Waals surface area contributed by atoms with E-state index >= 15 is 0 Å². The molecular formula is C15H28N2O3. The van der Waals surface area contributed by atoms with Crippen molar-refractivity contribution < 1.29 is 14.7 Å². The summed E-state index contributed by atoms with van der Waals surface area (Å²) in [5.74, 6) is -1.00. The lowest BCUT2D eigenvalue weighted by molar-refractivity contribution is -0.141. The molecule has 0 spiro atoms. The van der Waals surface area contributed by atoms with Gasteiger partial charge in [0.2, 0.25) is 0 Å². The second-order valence-corrected chi connectivity index (χ2v) is 7.71. The van der Waals surface area contributed by atoms with Crippen LogP contribution in [-0.2, 0) is 4.79 Å². The number of hydrogen-bond acceptors (Lipinski definition) is 2. The highest BCUT2D eigenvalue weighted by atomic mass is 16.4. The van der Waals surface area contributed by atoms with Crippen molar-refractivity contribution in [3.05, 3.63) is 0 Å². The van der Waals surface area contributed by atoms with Crippen LogP contribution in [-0.4, -0.2) is 29.2 Å². The van der Waals surface area contributed by atoms with Crippen molar-refractivity contribution in [3.8, 4) is 0 Å². The molecule has 1 fully saturated rings. The lowest BCUT2D eigenvalue weighted by Crippen LogP contribution is -2.54. The number of urea groups is 1. The van der Waals surface area contributed by atoms with E-state index in [0.717, 1.165) is 19.3 Å². The molecule has 1 aliphatic carbocycles. The van der Waals surface area contributed by atoms with Gasteiger partial charge in [-0.05, 0) is 30.1 Å². The van der Waals surface area contributed by atoms with Gasteiger partial charge in [0, 0.05) is 6.04 Å². The summed E-state index contributed by atoms with van der Waals surface area (Å²) < 4.78 is 0. The minimum Gasteiger partial charge on any atom is -0.480 e. The molecule has 0 bridgehead atoms. The monoisotopic (exact) mass is 284 g/mol. The molecule has 0 aliphatic heterocycles. The lowest BCUT2D eigenvalue weighted by atomic mass is 9.75. The molecule has 20 heavy (non-hydrogen) atoms. The Kier molecular flexibility index (Phi) is 5.05. The first-order chi connectivity index (χ1) is 9.01. The molecule has 0 aromatic rings. The molecule has 116 valence electrons. The minimum atomic E-state index is -1.00. The van der Waals surface area contributed by atoms with Crippen molar-refractivity contribution in [2.75, 3.05) is 0 Å². The van der Waals surface area contributed by atoms with Crippen LogP contribution in [0, 0.1) is 10.8 Å². The first-order valence-corrected chi connectivity index (χ1v) is 7.31. The average Bonchev–Trinajstić information content (AvgIpc) is 2.22. The van der Waals surface area contributed by atoms with Crippen molar-refractivity contribution >= 4 is 12.0 Å². The van der Waals surface area contributed by atoms with E-state index in [1.54, 1.807) is 20.8 Å². The smallest absolute Gasteiger partial charge is 0.326 e. The molecule has 0 aromatic heterocycles. The standard InChI is InChI=1S/C15H28N2O3/c1-14(2,3)11(12(18)19)17-13(20)16-10-7-6-8-15(4,5)9-10/h10-11H,6-9H2,1-5H3,(H,18,19)(H2,16,17,20). The summed E-state index contributed by atoms with van der Waals surface area (Å²) in [5, 5.41) is 14.7. The predicted molar refractivity (Wildman–Crippen MR) is 78.6 cm³/mol. The zero-order chi connectivity index (χ0) is 15.6. The van der Waals surface area contributed by atoms with E-state index in [1.807, 2.05) is 0 Å². The number of aliphatic carboxylic acids is 1. The van der Waals surface area contributed by atoms with Gasteiger partial charge in [0.05, 0.1) is 0 Å². The van der Waals surface area contributed by atoms with Crippen LogP contribution in [0.1, 0.15) is 60.3 Å². The maximum Gasteiger partial charge on any atom is 0.326 e. The largest absolute Gasteiger partial charge is 0.480 e. The maximum absolute atomic E-state index is 12.0. The highest BCUT2D eigenvalue weighted by Crippen LogP contribution is 2.35. The summed E-state index contributed by atoms with van der Waals surface area (Å²) >= 11 is 0. The zero-order valence-corrected chi connectivity index (χ0v) is 13.2. The molecule has 5 heteroatoms. The first kappa shape index (κ1) is 16.8. The summed E-state index contributed by atoms with van der Waals surface area (Å²) in [6.07, 6.45) is 4.17. The number of carbonyl (C=O) groups excluding carboxylic acids is 1. The number of rotatable bonds is 3.